The van der Waals surface area contributed by atoms with Gasteiger partial charge in [-0.2, -0.15) is 0 Å². The lowest BCUT2D eigenvalue weighted by atomic mass is 9.91. The van der Waals surface area contributed by atoms with Gasteiger partial charge < -0.3 is 14.4 Å². The highest BCUT2D eigenvalue weighted by molar-refractivity contribution is 5.49. The minimum Gasteiger partial charge on any atom is -0.496 e. The molecule has 2 fully saturated rings. The lowest BCUT2D eigenvalue weighted by Crippen LogP contribution is -2.52. The molecule has 0 radical (unpaired) electrons. The Bertz CT molecular complexity index is 521. The number of hydrogen-bond acceptors (Lipinski definition) is 4. The predicted molar refractivity (Wildman–Crippen MR) is 105 cm³/mol. The smallest absolute Gasteiger partial charge is 0.128 e. The summed E-state index contributed by atoms with van der Waals surface area (Å²) >= 11 is 0. The highest BCUT2D eigenvalue weighted by Crippen LogP contribution is 2.31. The van der Waals surface area contributed by atoms with Crippen molar-refractivity contribution in [1.29, 1.82) is 0 Å². The Morgan fingerprint density at radius 3 is 2.20 bits per heavy atom. The number of rotatable bonds is 6. The maximum atomic E-state index is 5.62. The second kappa shape index (κ2) is 10.0. The number of benzene rings is 1. The van der Waals surface area contributed by atoms with Gasteiger partial charge in [0.25, 0.3) is 0 Å². The summed E-state index contributed by atoms with van der Waals surface area (Å²) in [6, 6.07) is 5.10. The quantitative estimate of drug-likeness (QED) is 0.782. The van der Waals surface area contributed by atoms with Crippen LogP contribution < -0.4 is 9.47 Å². The van der Waals surface area contributed by atoms with Crippen molar-refractivity contribution in [2.75, 3.05) is 46.9 Å². The van der Waals surface area contributed by atoms with Crippen molar-refractivity contribution in [3.05, 3.63) is 23.3 Å². The van der Waals surface area contributed by atoms with Gasteiger partial charge in [-0.25, -0.2) is 0 Å². The van der Waals surface area contributed by atoms with Gasteiger partial charge in [-0.15, -0.1) is 0 Å². The normalized spacial score (nSPS) is 18.9. The molecule has 1 heterocycles. The predicted octanol–water partition coefficient (Wildman–Crippen LogP) is 3.75. The van der Waals surface area contributed by atoms with Crippen LogP contribution in [-0.2, 0) is 6.42 Å². The molecule has 4 heteroatoms. The van der Waals surface area contributed by atoms with Gasteiger partial charge in [-0.1, -0.05) is 26.3 Å². The number of piperazine rings is 1. The van der Waals surface area contributed by atoms with Gasteiger partial charge in [0.2, 0.25) is 0 Å². The summed E-state index contributed by atoms with van der Waals surface area (Å²) in [7, 11) is 3.46. The molecule has 2 aliphatic rings. The zero-order chi connectivity index (χ0) is 18.2. The molecule has 1 saturated heterocycles. The molecule has 0 atom stereocenters. The van der Waals surface area contributed by atoms with Crippen molar-refractivity contribution < 1.29 is 9.47 Å². The van der Waals surface area contributed by atoms with E-state index in [0.29, 0.717) is 0 Å². The molecular formula is C21H36N2O2. The van der Waals surface area contributed by atoms with Crippen LogP contribution in [0.25, 0.3) is 0 Å². The van der Waals surface area contributed by atoms with E-state index >= 15 is 0 Å². The molecule has 0 amide bonds. The molecule has 0 unspecified atom stereocenters. The van der Waals surface area contributed by atoms with Gasteiger partial charge >= 0.3 is 0 Å². The van der Waals surface area contributed by atoms with Crippen LogP contribution >= 0.6 is 0 Å². The third-order valence-corrected chi connectivity index (χ3v) is 5.56. The Labute approximate surface area is 154 Å². The Hall–Kier alpha value is -1.26. The standard InChI is InChI=1S/C19H30N2O2.C2H6/c1-15-18(22-2)8-7-16(19(15)23-3)9-10-20-11-13-21(14-12-20)17-5-4-6-17;1-2/h7-8,17H,4-6,9-14H2,1-3H3;1-2H3. The number of nitrogens with zero attached hydrogens (tertiary/aromatic N) is 2. The van der Waals surface area contributed by atoms with Crippen LogP contribution in [0.15, 0.2) is 12.1 Å². The van der Waals surface area contributed by atoms with Crippen LogP contribution in [0.4, 0.5) is 0 Å². The lowest BCUT2D eigenvalue weighted by molar-refractivity contribution is 0.0622. The third kappa shape index (κ3) is 4.89. The molecule has 1 aromatic carbocycles. The van der Waals surface area contributed by atoms with Crippen molar-refractivity contribution in [3.63, 3.8) is 0 Å². The second-order valence-electron chi connectivity index (χ2n) is 6.80. The fourth-order valence-corrected chi connectivity index (χ4v) is 3.81. The number of hydrogen-bond donors (Lipinski definition) is 0. The first-order valence-electron chi connectivity index (χ1n) is 9.89. The summed E-state index contributed by atoms with van der Waals surface area (Å²) < 4.78 is 11.0. The maximum Gasteiger partial charge on any atom is 0.128 e. The van der Waals surface area contributed by atoms with Crippen LogP contribution in [-0.4, -0.2) is 62.8 Å². The Morgan fingerprint density at radius 2 is 1.68 bits per heavy atom. The lowest BCUT2D eigenvalue weighted by Gasteiger charge is -2.43. The van der Waals surface area contributed by atoms with Gasteiger partial charge in [0.1, 0.15) is 11.5 Å². The van der Waals surface area contributed by atoms with Crippen LogP contribution in [0.5, 0.6) is 11.5 Å². The SMILES string of the molecule is CC.COc1ccc(CCN2CCN(C3CCC3)CC2)c(OC)c1C. The number of methoxy groups -OCH3 is 2. The summed E-state index contributed by atoms with van der Waals surface area (Å²) in [6.07, 6.45) is 5.31. The molecule has 0 aromatic heterocycles. The van der Waals surface area contributed by atoms with E-state index in [-0.39, 0.29) is 0 Å². The number of ether oxygens (including phenoxy) is 2. The van der Waals surface area contributed by atoms with Crippen molar-refractivity contribution >= 4 is 0 Å². The van der Waals surface area contributed by atoms with E-state index in [1.807, 2.05) is 13.8 Å². The first-order valence-corrected chi connectivity index (χ1v) is 9.89. The van der Waals surface area contributed by atoms with Crippen LogP contribution in [0.2, 0.25) is 0 Å². The van der Waals surface area contributed by atoms with E-state index in [2.05, 4.69) is 28.9 Å². The summed E-state index contributed by atoms with van der Waals surface area (Å²) in [6.45, 7) is 12.1. The zero-order valence-electron chi connectivity index (χ0n) is 16.8. The fraction of sp³-hybridized carbons (Fsp3) is 0.714. The molecule has 3 rings (SSSR count). The molecule has 0 spiro atoms. The summed E-state index contributed by atoms with van der Waals surface area (Å²) in [5, 5.41) is 0. The van der Waals surface area contributed by atoms with Crippen LogP contribution in [0, 0.1) is 6.92 Å². The molecule has 0 bridgehead atoms. The Balaban J connectivity index is 0.00000109. The van der Waals surface area contributed by atoms with Gasteiger partial charge in [0.05, 0.1) is 14.2 Å². The minimum absolute atomic E-state index is 0.890. The topological polar surface area (TPSA) is 24.9 Å². The summed E-state index contributed by atoms with van der Waals surface area (Å²) in [5.41, 5.74) is 2.38. The first-order chi connectivity index (χ1) is 12.2. The van der Waals surface area contributed by atoms with Gasteiger partial charge in [0.15, 0.2) is 0 Å². The van der Waals surface area contributed by atoms with Crippen molar-refractivity contribution in [2.24, 2.45) is 0 Å². The van der Waals surface area contributed by atoms with Gasteiger partial charge in [-0.05, 0) is 37.8 Å². The second-order valence-corrected chi connectivity index (χ2v) is 6.80. The first kappa shape index (κ1) is 20.1. The average Bonchev–Trinajstić information content (AvgIpc) is 2.61. The van der Waals surface area contributed by atoms with E-state index in [9.17, 15) is 0 Å². The third-order valence-electron chi connectivity index (χ3n) is 5.56. The molecule has 1 aliphatic carbocycles. The molecule has 25 heavy (non-hydrogen) atoms. The van der Waals surface area contributed by atoms with Crippen molar-refractivity contribution in [1.82, 2.24) is 9.80 Å². The van der Waals surface area contributed by atoms with Crippen LogP contribution in [0.3, 0.4) is 0 Å². The zero-order valence-corrected chi connectivity index (χ0v) is 16.8. The van der Waals surface area contributed by atoms with E-state index in [1.165, 1.54) is 51.0 Å². The monoisotopic (exact) mass is 348 g/mol. The van der Waals surface area contributed by atoms with Crippen LogP contribution in [0.1, 0.15) is 44.2 Å². The Kier molecular flexibility index (Phi) is 8.04. The molecular weight excluding hydrogens is 312 g/mol. The van der Waals surface area contributed by atoms with Gasteiger partial charge in [0, 0.05) is 44.3 Å². The minimum atomic E-state index is 0.890. The maximum absolute atomic E-state index is 5.62. The highest BCUT2D eigenvalue weighted by atomic mass is 16.5. The molecule has 1 aliphatic heterocycles. The van der Waals surface area contributed by atoms with E-state index < -0.39 is 0 Å². The Morgan fingerprint density at radius 1 is 1.00 bits per heavy atom. The summed E-state index contributed by atoms with van der Waals surface area (Å²) in [4.78, 5) is 5.28. The highest BCUT2D eigenvalue weighted by Gasteiger charge is 2.27. The van der Waals surface area contributed by atoms with Crippen molar-refractivity contribution in [3.8, 4) is 11.5 Å². The molecule has 1 saturated carbocycles. The van der Waals surface area contributed by atoms with E-state index in [0.717, 1.165) is 36.1 Å². The average molecular weight is 349 g/mol. The van der Waals surface area contributed by atoms with E-state index in [1.54, 1.807) is 14.2 Å². The fourth-order valence-electron chi connectivity index (χ4n) is 3.81. The largest absolute Gasteiger partial charge is 0.496 e. The van der Waals surface area contributed by atoms with Crippen molar-refractivity contribution in [2.45, 2.75) is 52.5 Å². The molecule has 1 aromatic rings. The molecule has 0 N–H and O–H groups in total. The van der Waals surface area contributed by atoms with E-state index in [4.69, 9.17) is 9.47 Å². The summed E-state index contributed by atoms with van der Waals surface area (Å²) in [5.74, 6) is 1.89. The molecule has 4 nitrogen and oxygen atoms in total. The molecule has 142 valence electrons. The van der Waals surface area contributed by atoms with Gasteiger partial charge in [-0.3, -0.25) is 4.90 Å².